The average Bonchev–Trinajstić information content (AvgIpc) is 2.77. The summed E-state index contributed by atoms with van der Waals surface area (Å²) < 4.78 is 22.2. The number of hydrogen-bond acceptors (Lipinski definition) is 6. The summed E-state index contributed by atoms with van der Waals surface area (Å²) >= 11 is 0. The van der Waals surface area contributed by atoms with Crippen LogP contribution in [0.3, 0.4) is 0 Å². The normalized spacial score (nSPS) is 28.7. The molecule has 0 spiro atoms. The van der Waals surface area contributed by atoms with Crippen molar-refractivity contribution < 1.29 is 24.1 Å². The summed E-state index contributed by atoms with van der Waals surface area (Å²) in [4.78, 5) is 0. The first-order chi connectivity index (χ1) is 14.3. The minimum absolute atomic E-state index is 0.0821. The van der Waals surface area contributed by atoms with Crippen LogP contribution in [-0.2, 0) is 0 Å². The van der Waals surface area contributed by atoms with Gasteiger partial charge in [-0.05, 0) is 43.3 Å². The van der Waals surface area contributed by atoms with Gasteiger partial charge in [-0.2, -0.15) is 0 Å². The minimum Gasteiger partial charge on any atom is -0.497 e. The first-order valence-corrected chi connectivity index (χ1v) is 10.2. The number of methoxy groups -OCH3 is 4. The van der Waals surface area contributed by atoms with Gasteiger partial charge in [0.2, 0.25) is 0 Å². The van der Waals surface area contributed by atoms with E-state index in [1.807, 2.05) is 43.3 Å². The highest BCUT2D eigenvalue weighted by Crippen LogP contribution is 2.50. The quantitative estimate of drug-likeness (QED) is 0.739. The summed E-state index contributed by atoms with van der Waals surface area (Å²) in [6.45, 7) is 6.03. The zero-order valence-corrected chi connectivity index (χ0v) is 18.9. The SMILES string of the molecule is COc1ccc(OC)c([C@H]2N[C@@H](c3cc(OC)ccc3OC)[C@@H](C)C(C)(O)[C@H]2C)c1. The Hall–Kier alpha value is -2.44. The maximum Gasteiger partial charge on any atom is 0.123 e. The van der Waals surface area contributed by atoms with E-state index < -0.39 is 5.60 Å². The van der Waals surface area contributed by atoms with Crippen LogP contribution in [0.5, 0.6) is 23.0 Å². The molecule has 0 radical (unpaired) electrons. The van der Waals surface area contributed by atoms with E-state index >= 15 is 0 Å². The molecule has 3 rings (SSSR count). The number of nitrogens with one attached hydrogen (secondary N) is 1. The van der Waals surface area contributed by atoms with Crippen molar-refractivity contribution in [2.24, 2.45) is 11.8 Å². The Morgan fingerprint density at radius 2 is 1.13 bits per heavy atom. The molecule has 2 aromatic carbocycles. The predicted octanol–water partition coefficient (Wildman–Crippen LogP) is 4.13. The molecule has 0 aliphatic carbocycles. The Morgan fingerprint density at radius 3 is 1.47 bits per heavy atom. The van der Waals surface area contributed by atoms with E-state index in [1.54, 1.807) is 28.4 Å². The van der Waals surface area contributed by atoms with E-state index in [9.17, 15) is 5.11 Å². The molecule has 1 aliphatic rings. The second-order valence-corrected chi connectivity index (χ2v) is 8.14. The Kier molecular flexibility index (Phi) is 6.48. The first kappa shape index (κ1) is 22.2. The summed E-state index contributed by atoms with van der Waals surface area (Å²) in [5.41, 5.74) is 0.953. The molecule has 6 heteroatoms. The molecule has 1 unspecified atom stereocenters. The van der Waals surface area contributed by atoms with Gasteiger partial charge in [0.05, 0.1) is 34.0 Å². The second kappa shape index (κ2) is 8.74. The number of piperidine rings is 1. The summed E-state index contributed by atoms with van der Waals surface area (Å²) in [6.07, 6.45) is 0. The fourth-order valence-electron chi connectivity index (χ4n) is 4.45. The molecule has 2 aromatic rings. The van der Waals surface area contributed by atoms with Crippen molar-refractivity contribution in [1.82, 2.24) is 5.32 Å². The van der Waals surface area contributed by atoms with Crippen LogP contribution in [0.15, 0.2) is 36.4 Å². The van der Waals surface area contributed by atoms with Crippen molar-refractivity contribution in [1.29, 1.82) is 0 Å². The molecule has 30 heavy (non-hydrogen) atoms. The number of rotatable bonds is 6. The summed E-state index contributed by atoms with van der Waals surface area (Å²) in [5.74, 6) is 2.83. The van der Waals surface area contributed by atoms with Crippen LogP contribution in [0.4, 0.5) is 0 Å². The molecule has 5 atom stereocenters. The highest BCUT2D eigenvalue weighted by molar-refractivity contribution is 5.46. The molecule has 6 nitrogen and oxygen atoms in total. The van der Waals surface area contributed by atoms with Gasteiger partial charge in [0.15, 0.2) is 0 Å². The molecule has 1 heterocycles. The van der Waals surface area contributed by atoms with Crippen LogP contribution in [0.25, 0.3) is 0 Å². The summed E-state index contributed by atoms with van der Waals surface area (Å²) in [6, 6.07) is 11.2. The second-order valence-electron chi connectivity index (χ2n) is 8.14. The zero-order chi connectivity index (χ0) is 22.1. The topological polar surface area (TPSA) is 69.2 Å². The third-order valence-electron chi connectivity index (χ3n) is 6.75. The number of hydrogen-bond donors (Lipinski definition) is 2. The molecule has 0 aromatic heterocycles. The third kappa shape index (κ3) is 3.82. The van der Waals surface area contributed by atoms with Gasteiger partial charge in [-0.25, -0.2) is 0 Å². The predicted molar refractivity (Wildman–Crippen MR) is 117 cm³/mol. The largest absolute Gasteiger partial charge is 0.497 e. The molecule has 0 amide bonds. The molecule has 0 bridgehead atoms. The van der Waals surface area contributed by atoms with Gasteiger partial charge >= 0.3 is 0 Å². The van der Waals surface area contributed by atoms with Crippen molar-refractivity contribution in [3.63, 3.8) is 0 Å². The van der Waals surface area contributed by atoms with Crippen molar-refractivity contribution >= 4 is 0 Å². The van der Waals surface area contributed by atoms with Crippen LogP contribution in [0, 0.1) is 11.8 Å². The summed E-state index contributed by atoms with van der Waals surface area (Å²) in [7, 11) is 6.60. The Balaban J connectivity index is 2.13. The van der Waals surface area contributed by atoms with Crippen molar-refractivity contribution in [2.75, 3.05) is 28.4 Å². The maximum absolute atomic E-state index is 11.6. The molecule has 1 saturated heterocycles. The Morgan fingerprint density at radius 1 is 0.733 bits per heavy atom. The van der Waals surface area contributed by atoms with Crippen LogP contribution < -0.4 is 24.3 Å². The van der Waals surface area contributed by atoms with E-state index in [2.05, 4.69) is 19.2 Å². The number of ether oxygens (including phenoxy) is 4. The molecular formula is C24H33NO5. The molecule has 1 aliphatic heterocycles. The van der Waals surface area contributed by atoms with E-state index in [0.717, 1.165) is 34.1 Å². The average molecular weight is 416 g/mol. The van der Waals surface area contributed by atoms with Gasteiger partial charge in [-0.1, -0.05) is 13.8 Å². The van der Waals surface area contributed by atoms with Crippen LogP contribution in [0.2, 0.25) is 0 Å². The van der Waals surface area contributed by atoms with Crippen molar-refractivity contribution in [3.8, 4) is 23.0 Å². The minimum atomic E-state index is -0.942. The zero-order valence-electron chi connectivity index (χ0n) is 18.9. The summed E-state index contributed by atoms with van der Waals surface area (Å²) in [5, 5.41) is 15.3. The van der Waals surface area contributed by atoms with E-state index in [4.69, 9.17) is 18.9 Å². The molecular weight excluding hydrogens is 382 g/mol. The van der Waals surface area contributed by atoms with E-state index in [-0.39, 0.29) is 23.9 Å². The lowest BCUT2D eigenvalue weighted by atomic mass is 9.67. The monoisotopic (exact) mass is 415 g/mol. The van der Waals surface area contributed by atoms with E-state index in [0.29, 0.717) is 0 Å². The maximum atomic E-state index is 11.6. The number of aliphatic hydroxyl groups is 1. The van der Waals surface area contributed by atoms with Gasteiger partial charge in [0.25, 0.3) is 0 Å². The van der Waals surface area contributed by atoms with Gasteiger partial charge in [0, 0.05) is 35.0 Å². The standard InChI is InChI=1S/C24H33NO5/c1-14-22(18-12-16(27-4)8-10-20(18)29-6)25-23(15(2)24(14,3)26)19-13-17(28-5)9-11-21(19)30-7/h8-15,22-23,25-26H,1-7H3/t14-,15+,22-,23+,24?. The van der Waals surface area contributed by atoms with Crippen molar-refractivity contribution in [2.45, 2.75) is 38.5 Å². The first-order valence-electron chi connectivity index (χ1n) is 10.2. The van der Waals surface area contributed by atoms with Crippen LogP contribution >= 0.6 is 0 Å². The Bertz CT molecular complexity index is 812. The van der Waals surface area contributed by atoms with Crippen LogP contribution in [-0.4, -0.2) is 39.1 Å². The molecule has 2 N–H and O–H groups in total. The van der Waals surface area contributed by atoms with Gasteiger partial charge in [-0.3, -0.25) is 0 Å². The number of benzene rings is 2. The molecule has 0 saturated carbocycles. The fraction of sp³-hybridized carbons (Fsp3) is 0.500. The van der Waals surface area contributed by atoms with Gasteiger partial charge < -0.3 is 29.4 Å². The van der Waals surface area contributed by atoms with Crippen LogP contribution in [0.1, 0.15) is 44.0 Å². The Labute approximate surface area is 179 Å². The third-order valence-corrected chi connectivity index (χ3v) is 6.75. The fourth-order valence-corrected chi connectivity index (χ4v) is 4.45. The molecule has 1 fully saturated rings. The van der Waals surface area contributed by atoms with Gasteiger partial charge in [-0.15, -0.1) is 0 Å². The van der Waals surface area contributed by atoms with Gasteiger partial charge in [0.1, 0.15) is 23.0 Å². The lowest BCUT2D eigenvalue weighted by Crippen LogP contribution is -2.56. The van der Waals surface area contributed by atoms with Crippen molar-refractivity contribution in [3.05, 3.63) is 47.5 Å². The van der Waals surface area contributed by atoms with E-state index in [1.165, 1.54) is 0 Å². The lowest BCUT2D eigenvalue weighted by molar-refractivity contribution is -0.0964. The highest BCUT2D eigenvalue weighted by Gasteiger charge is 2.49. The smallest absolute Gasteiger partial charge is 0.123 e. The lowest BCUT2D eigenvalue weighted by Gasteiger charge is -2.50. The highest BCUT2D eigenvalue weighted by atomic mass is 16.5. The molecule has 164 valence electrons.